The number of aliphatic hydroxyl groups is 1. The second-order valence-electron chi connectivity index (χ2n) is 8.15. The summed E-state index contributed by atoms with van der Waals surface area (Å²) in [7, 11) is 0. The van der Waals surface area contributed by atoms with Crippen molar-refractivity contribution in [1.29, 1.82) is 0 Å². The van der Waals surface area contributed by atoms with Crippen LogP contribution in [-0.4, -0.2) is 10.3 Å². The van der Waals surface area contributed by atoms with Gasteiger partial charge in [0, 0.05) is 11.5 Å². The first-order valence-corrected chi connectivity index (χ1v) is 11.7. The minimum atomic E-state index is 0.0161. The molecule has 0 atom stereocenters. The topological polar surface area (TPSA) is 64.7 Å². The summed E-state index contributed by atoms with van der Waals surface area (Å²) >= 11 is 12.8. The van der Waals surface area contributed by atoms with Crippen LogP contribution in [0.1, 0.15) is 42.2 Å². The minimum Gasteiger partial charge on any atom is -0.489 e. The van der Waals surface area contributed by atoms with Crippen LogP contribution in [0.2, 0.25) is 10.0 Å². The zero-order valence-corrected chi connectivity index (χ0v) is 20.4. The predicted octanol–water partition coefficient (Wildman–Crippen LogP) is 7.42. The number of aromatic nitrogens is 1. The number of aliphatic hydroxyl groups excluding tert-OH is 1. The SMILES string of the molecule is CC(C)c1onc(-c2c(Cl)cccc2Cl)c1COc1ccc(COc2ccc(CO)cc2)cc1. The Balaban J connectivity index is 1.45. The third kappa shape index (κ3) is 5.55. The molecule has 0 aliphatic rings. The van der Waals surface area contributed by atoms with Crippen molar-refractivity contribution in [2.24, 2.45) is 0 Å². The Kier molecular flexibility index (Phi) is 7.78. The molecule has 1 heterocycles. The van der Waals surface area contributed by atoms with Crippen LogP contribution in [-0.2, 0) is 19.8 Å². The van der Waals surface area contributed by atoms with E-state index >= 15 is 0 Å². The van der Waals surface area contributed by atoms with Gasteiger partial charge in [0.25, 0.3) is 0 Å². The van der Waals surface area contributed by atoms with Crippen molar-refractivity contribution in [3.05, 3.63) is 99.2 Å². The van der Waals surface area contributed by atoms with Crippen LogP contribution in [0.25, 0.3) is 11.3 Å². The van der Waals surface area contributed by atoms with Crippen molar-refractivity contribution in [3.8, 4) is 22.8 Å². The summed E-state index contributed by atoms with van der Waals surface area (Å²) in [5.41, 5.74) is 3.91. The third-order valence-electron chi connectivity index (χ3n) is 5.36. The van der Waals surface area contributed by atoms with Gasteiger partial charge >= 0.3 is 0 Å². The van der Waals surface area contributed by atoms with E-state index < -0.39 is 0 Å². The summed E-state index contributed by atoms with van der Waals surface area (Å²) < 4.78 is 17.5. The molecule has 0 aliphatic heterocycles. The van der Waals surface area contributed by atoms with Crippen LogP contribution in [0.5, 0.6) is 11.5 Å². The van der Waals surface area contributed by atoms with Crippen molar-refractivity contribution in [3.63, 3.8) is 0 Å². The molecule has 0 spiro atoms. The van der Waals surface area contributed by atoms with Gasteiger partial charge in [-0.25, -0.2) is 0 Å². The lowest BCUT2D eigenvalue weighted by atomic mass is 10.0. The van der Waals surface area contributed by atoms with Crippen molar-refractivity contribution in [2.75, 3.05) is 0 Å². The Morgan fingerprint density at radius 3 is 1.94 bits per heavy atom. The van der Waals surface area contributed by atoms with Gasteiger partial charge < -0.3 is 19.1 Å². The van der Waals surface area contributed by atoms with Crippen molar-refractivity contribution < 1.29 is 19.1 Å². The molecule has 5 nitrogen and oxygen atoms in total. The van der Waals surface area contributed by atoms with Crippen LogP contribution in [0.4, 0.5) is 0 Å². The van der Waals surface area contributed by atoms with E-state index in [1.54, 1.807) is 18.2 Å². The first kappa shape index (κ1) is 24.1. The highest BCUT2D eigenvalue weighted by Crippen LogP contribution is 2.38. The molecule has 0 amide bonds. The lowest BCUT2D eigenvalue weighted by Gasteiger charge is -2.11. The number of hydrogen-bond donors (Lipinski definition) is 1. The number of hydrogen-bond acceptors (Lipinski definition) is 5. The molecule has 1 N–H and O–H groups in total. The van der Waals surface area contributed by atoms with Gasteiger partial charge in [-0.15, -0.1) is 0 Å². The number of halogens is 2. The maximum absolute atomic E-state index is 9.13. The molecule has 0 bridgehead atoms. The monoisotopic (exact) mass is 497 g/mol. The summed E-state index contributed by atoms with van der Waals surface area (Å²) in [6.45, 7) is 4.78. The van der Waals surface area contributed by atoms with Crippen LogP contribution >= 0.6 is 23.2 Å². The molecule has 0 saturated carbocycles. The normalized spacial score (nSPS) is 11.1. The summed E-state index contributed by atoms with van der Waals surface area (Å²) in [5.74, 6) is 2.32. The van der Waals surface area contributed by atoms with E-state index in [2.05, 4.69) is 5.16 Å². The Morgan fingerprint density at radius 1 is 0.824 bits per heavy atom. The largest absolute Gasteiger partial charge is 0.489 e. The average Bonchev–Trinajstić information content (AvgIpc) is 3.26. The highest BCUT2D eigenvalue weighted by Gasteiger charge is 2.23. The maximum atomic E-state index is 9.13. The highest BCUT2D eigenvalue weighted by atomic mass is 35.5. The maximum Gasteiger partial charge on any atom is 0.146 e. The molecule has 7 heteroatoms. The van der Waals surface area contributed by atoms with Gasteiger partial charge in [0.15, 0.2) is 0 Å². The van der Waals surface area contributed by atoms with Crippen LogP contribution in [0.3, 0.4) is 0 Å². The molecule has 1 aromatic heterocycles. The molecule has 4 rings (SSSR count). The number of benzene rings is 3. The molecule has 176 valence electrons. The molecule has 4 aromatic rings. The van der Waals surface area contributed by atoms with Gasteiger partial charge in [0.1, 0.15) is 36.2 Å². The molecule has 0 radical (unpaired) electrons. The zero-order chi connectivity index (χ0) is 24.1. The van der Waals surface area contributed by atoms with E-state index in [0.29, 0.717) is 33.7 Å². The third-order valence-corrected chi connectivity index (χ3v) is 5.99. The Morgan fingerprint density at radius 2 is 1.38 bits per heavy atom. The van der Waals surface area contributed by atoms with Gasteiger partial charge in [0.05, 0.1) is 22.2 Å². The average molecular weight is 498 g/mol. The van der Waals surface area contributed by atoms with Gasteiger partial charge in [-0.05, 0) is 47.5 Å². The smallest absolute Gasteiger partial charge is 0.146 e. The van der Waals surface area contributed by atoms with E-state index in [1.807, 2.05) is 62.4 Å². The van der Waals surface area contributed by atoms with E-state index in [1.165, 1.54) is 0 Å². The first-order valence-electron chi connectivity index (χ1n) is 10.9. The Hall–Kier alpha value is -2.99. The number of ether oxygens (including phenoxy) is 2. The Labute approximate surface area is 208 Å². The van der Waals surface area contributed by atoms with Crippen molar-refractivity contribution >= 4 is 23.2 Å². The Bertz CT molecular complexity index is 1210. The summed E-state index contributed by atoms with van der Waals surface area (Å²) in [6, 6.07) is 20.4. The molecule has 0 unspecified atom stereocenters. The van der Waals surface area contributed by atoms with Gasteiger partial charge in [-0.2, -0.15) is 0 Å². The molecular formula is C27H25Cl2NO4. The second kappa shape index (κ2) is 11.0. The van der Waals surface area contributed by atoms with Crippen LogP contribution < -0.4 is 9.47 Å². The molecule has 0 saturated heterocycles. The molecule has 34 heavy (non-hydrogen) atoms. The van der Waals surface area contributed by atoms with Crippen LogP contribution in [0.15, 0.2) is 71.3 Å². The summed E-state index contributed by atoms with van der Waals surface area (Å²) in [5, 5.41) is 14.4. The predicted molar refractivity (Wildman–Crippen MR) is 134 cm³/mol. The molecule has 0 aliphatic carbocycles. The molecular weight excluding hydrogens is 473 g/mol. The number of rotatable bonds is 9. The summed E-state index contributed by atoms with van der Waals surface area (Å²) in [6.07, 6.45) is 0. The van der Waals surface area contributed by atoms with Crippen molar-refractivity contribution in [1.82, 2.24) is 5.16 Å². The van der Waals surface area contributed by atoms with E-state index in [4.69, 9.17) is 42.3 Å². The van der Waals surface area contributed by atoms with Gasteiger partial charge in [-0.3, -0.25) is 0 Å². The van der Waals surface area contributed by atoms with E-state index in [0.717, 1.165) is 28.2 Å². The minimum absolute atomic E-state index is 0.0161. The lowest BCUT2D eigenvalue weighted by molar-refractivity contribution is 0.280. The summed E-state index contributed by atoms with van der Waals surface area (Å²) in [4.78, 5) is 0. The highest BCUT2D eigenvalue weighted by molar-refractivity contribution is 6.39. The first-order chi connectivity index (χ1) is 16.5. The lowest BCUT2D eigenvalue weighted by Crippen LogP contribution is -2.02. The fraction of sp³-hybridized carbons (Fsp3) is 0.222. The van der Waals surface area contributed by atoms with Crippen molar-refractivity contribution in [2.45, 2.75) is 39.6 Å². The second-order valence-corrected chi connectivity index (χ2v) is 8.96. The standard InChI is InChI=1S/C27H25Cl2NO4/c1-17(2)27-22(26(30-34-27)25-23(28)4-3-5-24(25)29)16-33-21-12-8-19(9-13-21)15-32-20-10-6-18(14-31)7-11-20/h3-13,17,31H,14-16H2,1-2H3. The fourth-order valence-electron chi connectivity index (χ4n) is 3.53. The quantitative estimate of drug-likeness (QED) is 0.260. The fourth-order valence-corrected chi connectivity index (χ4v) is 4.11. The van der Waals surface area contributed by atoms with Crippen LogP contribution in [0, 0.1) is 0 Å². The van der Waals surface area contributed by atoms with Gasteiger partial charge in [0.2, 0.25) is 0 Å². The zero-order valence-electron chi connectivity index (χ0n) is 18.9. The molecule has 3 aromatic carbocycles. The number of nitrogens with zero attached hydrogens (tertiary/aromatic N) is 1. The van der Waals surface area contributed by atoms with Gasteiger partial charge in [-0.1, -0.05) is 72.5 Å². The van der Waals surface area contributed by atoms with E-state index in [9.17, 15) is 0 Å². The molecule has 0 fully saturated rings. The van der Waals surface area contributed by atoms with E-state index in [-0.39, 0.29) is 19.1 Å².